The second-order valence-electron chi connectivity index (χ2n) is 9.13. The van der Waals surface area contributed by atoms with Gasteiger partial charge in [-0.05, 0) is 62.2 Å². The van der Waals surface area contributed by atoms with E-state index in [-0.39, 0.29) is 17.3 Å². The summed E-state index contributed by atoms with van der Waals surface area (Å²) in [6.07, 6.45) is 1.75. The standard InChI is InChI=1S/C29H34ClN3O4S/c1-4-5-18-31-29(35)23(3)32(20-24-11-9-10-22(2)19-24)28(34)21-33(26-16-14-25(30)15-17-26)38(36,37)27-12-7-6-8-13-27/h6-17,19,23H,4-5,18,20-21H2,1-3H3,(H,31,35). The van der Waals surface area contributed by atoms with Crippen LogP contribution in [0.2, 0.25) is 5.02 Å². The molecule has 0 aromatic heterocycles. The molecule has 0 saturated heterocycles. The van der Waals surface area contributed by atoms with E-state index in [0.29, 0.717) is 17.3 Å². The minimum atomic E-state index is -4.10. The Bertz CT molecular complexity index is 1330. The van der Waals surface area contributed by atoms with Crippen LogP contribution >= 0.6 is 11.6 Å². The quantitative estimate of drug-likeness (QED) is 0.312. The van der Waals surface area contributed by atoms with E-state index in [1.54, 1.807) is 49.4 Å². The number of benzene rings is 3. The van der Waals surface area contributed by atoms with Crippen molar-refractivity contribution in [2.45, 2.75) is 51.1 Å². The number of halogens is 1. The fraction of sp³-hybridized carbons (Fsp3) is 0.310. The van der Waals surface area contributed by atoms with Gasteiger partial charge >= 0.3 is 0 Å². The van der Waals surface area contributed by atoms with Crippen LogP contribution in [0.25, 0.3) is 0 Å². The predicted molar refractivity (Wildman–Crippen MR) is 152 cm³/mol. The van der Waals surface area contributed by atoms with Crippen molar-refractivity contribution in [3.8, 4) is 0 Å². The molecule has 0 bridgehead atoms. The van der Waals surface area contributed by atoms with Crippen LogP contribution in [-0.2, 0) is 26.2 Å². The third-order valence-electron chi connectivity index (χ3n) is 6.16. The van der Waals surface area contributed by atoms with Gasteiger partial charge in [-0.25, -0.2) is 8.42 Å². The summed E-state index contributed by atoms with van der Waals surface area (Å²) in [4.78, 5) is 28.3. The SMILES string of the molecule is CCCCNC(=O)C(C)N(Cc1cccc(C)c1)C(=O)CN(c1ccc(Cl)cc1)S(=O)(=O)c1ccccc1. The lowest BCUT2D eigenvalue weighted by Gasteiger charge is -2.32. The normalized spacial score (nSPS) is 12.0. The van der Waals surface area contributed by atoms with Crippen molar-refractivity contribution in [3.63, 3.8) is 0 Å². The molecule has 0 saturated carbocycles. The number of sulfonamides is 1. The van der Waals surface area contributed by atoms with Crippen LogP contribution in [-0.4, -0.2) is 44.3 Å². The lowest BCUT2D eigenvalue weighted by Crippen LogP contribution is -2.51. The average molecular weight is 556 g/mol. The number of carbonyl (C=O) groups is 2. The molecule has 1 unspecified atom stereocenters. The molecule has 0 aliphatic heterocycles. The van der Waals surface area contributed by atoms with E-state index in [0.717, 1.165) is 28.3 Å². The Morgan fingerprint density at radius 1 is 0.974 bits per heavy atom. The number of hydrogen-bond acceptors (Lipinski definition) is 4. The highest BCUT2D eigenvalue weighted by Crippen LogP contribution is 2.26. The first-order chi connectivity index (χ1) is 18.1. The maximum absolute atomic E-state index is 13.9. The van der Waals surface area contributed by atoms with Gasteiger partial charge in [0.15, 0.2) is 0 Å². The zero-order chi connectivity index (χ0) is 27.7. The summed E-state index contributed by atoms with van der Waals surface area (Å²) in [6.45, 7) is 5.81. The highest BCUT2D eigenvalue weighted by atomic mass is 35.5. The number of rotatable bonds is 12. The monoisotopic (exact) mass is 555 g/mol. The minimum Gasteiger partial charge on any atom is -0.354 e. The first kappa shape index (κ1) is 29.2. The lowest BCUT2D eigenvalue weighted by atomic mass is 10.1. The minimum absolute atomic E-state index is 0.0540. The highest BCUT2D eigenvalue weighted by molar-refractivity contribution is 7.92. The van der Waals surface area contributed by atoms with Gasteiger partial charge < -0.3 is 10.2 Å². The van der Waals surface area contributed by atoms with Crippen molar-refractivity contribution in [1.82, 2.24) is 10.2 Å². The molecule has 1 atom stereocenters. The number of anilines is 1. The van der Waals surface area contributed by atoms with E-state index in [1.165, 1.54) is 17.0 Å². The van der Waals surface area contributed by atoms with Crippen molar-refractivity contribution in [2.75, 3.05) is 17.4 Å². The van der Waals surface area contributed by atoms with Gasteiger partial charge in [-0.1, -0.05) is 73.0 Å². The molecular weight excluding hydrogens is 522 g/mol. The van der Waals surface area contributed by atoms with Crippen LogP contribution in [0.3, 0.4) is 0 Å². The topological polar surface area (TPSA) is 86.8 Å². The van der Waals surface area contributed by atoms with E-state index in [4.69, 9.17) is 11.6 Å². The van der Waals surface area contributed by atoms with Gasteiger partial charge in [0, 0.05) is 18.1 Å². The zero-order valence-electron chi connectivity index (χ0n) is 21.9. The molecule has 1 N–H and O–H groups in total. The summed E-state index contributed by atoms with van der Waals surface area (Å²) < 4.78 is 28.5. The molecule has 2 amide bonds. The maximum atomic E-state index is 13.9. The molecule has 7 nitrogen and oxygen atoms in total. The van der Waals surface area contributed by atoms with Gasteiger partial charge in [0.1, 0.15) is 12.6 Å². The Hall–Kier alpha value is -3.36. The average Bonchev–Trinajstić information content (AvgIpc) is 2.91. The molecule has 0 fully saturated rings. The second-order valence-corrected chi connectivity index (χ2v) is 11.4. The Kier molecular flexibility index (Phi) is 10.3. The Labute approximate surface area is 230 Å². The molecule has 9 heteroatoms. The predicted octanol–water partition coefficient (Wildman–Crippen LogP) is 5.18. The van der Waals surface area contributed by atoms with E-state index < -0.39 is 28.5 Å². The van der Waals surface area contributed by atoms with Crippen LogP contribution in [0.4, 0.5) is 5.69 Å². The molecule has 202 valence electrons. The van der Waals surface area contributed by atoms with Crippen LogP contribution < -0.4 is 9.62 Å². The van der Waals surface area contributed by atoms with Gasteiger partial charge in [-0.15, -0.1) is 0 Å². The van der Waals surface area contributed by atoms with E-state index in [2.05, 4.69) is 5.32 Å². The molecule has 0 heterocycles. The first-order valence-electron chi connectivity index (χ1n) is 12.6. The molecule has 0 radical (unpaired) electrons. The Morgan fingerprint density at radius 3 is 2.29 bits per heavy atom. The molecular formula is C29H34ClN3O4S. The summed E-state index contributed by atoms with van der Waals surface area (Å²) >= 11 is 6.05. The van der Waals surface area contributed by atoms with Gasteiger partial charge in [0.2, 0.25) is 11.8 Å². The molecule has 3 aromatic rings. The van der Waals surface area contributed by atoms with Gasteiger partial charge in [0.05, 0.1) is 10.6 Å². The molecule has 0 aliphatic carbocycles. The molecule has 3 rings (SSSR count). The van der Waals surface area contributed by atoms with Gasteiger partial charge in [-0.3, -0.25) is 13.9 Å². The number of carbonyl (C=O) groups excluding carboxylic acids is 2. The molecule has 0 spiro atoms. The zero-order valence-corrected chi connectivity index (χ0v) is 23.5. The van der Waals surface area contributed by atoms with Gasteiger partial charge in [0.25, 0.3) is 10.0 Å². The summed E-state index contributed by atoms with van der Waals surface area (Å²) in [5, 5.41) is 3.32. The number of nitrogens with one attached hydrogen (secondary N) is 1. The van der Waals surface area contributed by atoms with Crippen molar-refractivity contribution in [1.29, 1.82) is 0 Å². The fourth-order valence-corrected chi connectivity index (χ4v) is 5.54. The van der Waals surface area contributed by atoms with E-state index in [1.807, 2.05) is 38.1 Å². The number of aryl methyl sites for hydroxylation is 1. The number of hydrogen-bond donors (Lipinski definition) is 1. The molecule has 3 aromatic carbocycles. The summed E-state index contributed by atoms with van der Waals surface area (Å²) in [7, 11) is -4.10. The number of amides is 2. The summed E-state index contributed by atoms with van der Waals surface area (Å²) in [5.41, 5.74) is 2.15. The van der Waals surface area contributed by atoms with Crippen LogP contribution in [0.5, 0.6) is 0 Å². The van der Waals surface area contributed by atoms with Crippen molar-refractivity contribution in [3.05, 3.63) is 95.0 Å². The lowest BCUT2D eigenvalue weighted by molar-refractivity contribution is -0.139. The highest BCUT2D eigenvalue weighted by Gasteiger charge is 2.32. The third kappa shape index (κ3) is 7.58. The molecule has 38 heavy (non-hydrogen) atoms. The number of unbranched alkanes of at least 4 members (excludes halogenated alkanes) is 1. The number of nitrogens with zero attached hydrogens (tertiary/aromatic N) is 2. The van der Waals surface area contributed by atoms with Crippen molar-refractivity contribution in [2.24, 2.45) is 0 Å². The fourth-order valence-electron chi connectivity index (χ4n) is 3.98. The van der Waals surface area contributed by atoms with E-state index >= 15 is 0 Å². The molecule has 0 aliphatic rings. The first-order valence-corrected chi connectivity index (χ1v) is 14.4. The Balaban J connectivity index is 1.98. The van der Waals surface area contributed by atoms with E-state index in [9.17, 15) is 18.0 Å². The smallest absolute Gasteiger partial charge is 0.264 e. The van der Waals surface area contributed by atoms with Crippen molar-refractivity contribution >= 4 is 39.1 Å². The van der Waals surface area contributed by atoms with Crippen molar-refractivity contribution < 1.29 is 18.0 Å². The van der Waals surface area contributed by atoms with Crippen LogP contribution in [0, 0.1) is 6.92 Å². The van der Waals surface area contributed by atoms with Crippen LogP contribution in [0.15, 0.2) is 83.8 Å². The summed E-state index contributed by atoms with van der Waals surface area (Å²) in [6, 6.07) is 21.1. The Morgan fingerprint density at radius 2 is 1.66 bits per heavy atom. The third-order valence-corrected chi connectivity index (χ3v) is 8.20. The maximum Gasteiger partial charge on any atom is 0.264 e. The van der Waals surface area contributed by atoms with Crippen LogP contribution in [0.1, 0.15) is 37.8 Å². The van der Waals surface area contributed by atoms with Gasteiger partial charge in [-0.2, -0.15) is 0 Å². The summed E-state index contributed by atoms with van der Waals surface area (Å²) in [5.74, 6) is -0.789. The second kappa shape index (κ2) is 13.4. The largest absolute Gasteiger partial charge is 0.354 e.